The van der Waals surface area contributed by atoms with Gasteiger partial charge in [0.2, 0.25) is 0 Å². The van der Waals surface area contributed by atoms with E-state index in [2.05, 4.69) is 22.2 Å². The van der Waals surface area contributed by atoms with Crippen LogP contribution < -0.4 is 10.1 Å². The van der Waals surface area contributed by atoms with Gasteiger partial charge in [-0.15, -0.1) is 0 Å². The Morgan fingerprint density at radius 3 is 2.52 bits per heavy atom. The van der Waals surface area contributed by atoms with Gasteiger partial charge in [-0.25, -0.2) is 9.97 Å². The average Bonchev–Trinajstić information content (AvgIpc) is 2.51. The van der Waals surface area contributed by atoms with Gasteiger partial charge < -0.3 is 15.2 Å². The van der Waals surface area contributed by atoms with Gasteiger partial charge in [0.15, 0.2) is 0 Å². The summed E-state index contributed by atoms with van der Waals surface area (Å²) in [5, 5.41) is 12.9. The van der Waals surface area contributed by atoms with Crippen LogP contribution in [0.4, 0.5) is 5.82 Å². The van der Waals surface area contributed by atoms with Gasteiger partial charge in [-0.3, -0.25) is 0 Å². The third-order valence-corrected chi connectivity index (χ3v) is 4.37. The highest BCUT2D eigenvalue weighted by atomic mass is 16.5. The van der Waals surface area contributed by atoms with E-state index in [9.17, 15) is 5.11 Å². The van der Waals surface area contributed by atoms with Gasteiger partial charge >= 0.3 is 0 Å². The van der Waals surface area contributed by atoms with Crippen LogP contribution in [0.25, 0.3) is 0 Å². The maximum atomic E-state index is 9.49. The third-order valence-electron chi connectivity index (χ3n) is 4.37. The quantitative estimate of drug-likeness (QED) is 0.887. The van der Waals surface area contributed by atoms with Gasteiger partial charge in [0.1, 0.15) is 17.4 Å². The van der Waals surface area contributed by atoms with Crippen LogP contribution in [0.3, 0.4) is 0 Å². The molecule has 0 radical (unpaired) electrons. The summed E-state index contributed by atoms with van der Waals surface area (Å²) in [6, 6.07) is 10.2. The van der Waals surface area contributed by atoms with Crippen LogP contribution in [0.2, 0.25) is 0 Å². The van der Waals surface area contributed by atoms with Gasteiger partial charge in [0, 0.05) is 23.7 Å². The molecule has 0 saturated heterocycles. The number of rotatable bonds is 5. The molecule has 1 saturated carbocycles. The second-order valence-corrected chi connectivity index (χ2v) is 6.19. The molecule has 5 nitrogen and oxygen atoms in total. The summed E-state index contributed by atoms with van der Waals surface area (Å²) < 4.78 is 5.19. The number of hydrogen-bond donors (Lipinski definition) is 2. The van der Waals surface area contributed by atoms with Crippen molar-refractivity contribution in [1.29, 1.82) is 0 Å². The highest BCUT2D eigenvalue weighted by molar-refractivity contribution is 5.41. The highest BCUT2D eigenvalue weighted by Gasteiger charge is 2.30. The Balaban J connectivity index is 1.73. The molecule has 1 aliphatic carbocycles. The van der Waals surface area contributed by atoms with Gasteiger partial charge in [-0.2, -0.15) is 0 Å². The summed E-state index contributed by atoms with van der Waals surface area (Å²) in [4.78, 5) is 9.00. The van der Waals surface area contributed by atoms with Crippen LogP contribution in [0.1, 0.15) is 48.8 Å². The number of benzene rings is 1. The Kier molecular flexibility index (Phi) is 4.48. The SMILES string of the molecule is COc1ccc([C@@H](C)Nc2cc(C3CC(O)C3)nc(C)n2)cc1. The molecule has 0 bridgehead atoms. The zero-order valence-electron chi connectivity index (χ0n) is 13.8. The van der Waals surface area contributed by atoms with Crippen molar-refractivity contribution in [3.8, 4) is 5.75 Å². The number of hydrogen-bond acceptors (Lipinski definition) is 5. The predicted molar refractivity (Wildman–Crippen MR) is 89.8 cm³/mol. The molecule has 0 spiro atoms. The van der Waals surface area contributed by atoms with Gasteiger partial charge in [-0.05, 0) is 44.4 Å². The fourth-order valence-electron chi connectivity index (χ4n) is 2.90. The van der Waals surface area contributed by atoms with Crippen molar-refractivity contribution in [1.82, 2.24) is 9.97 Å². The summed E-state index contributed by atoms with van der Waals surface area (Å²) in [5.41, 5.74) is 2.19. The lowest BCUT2D eigenvalue weighted by Crippen LogP contribution is -2.27. The molecule has 0 amide bonds. The van der Waals surface area contributed by atoms with E-state index >= 15 is 0 Å². The molecule has 23 heavy (non-hydrogen) atoms. The first-order chi connectivity index (χ1) is 11.0. The maximum Gasteiger partial charge on any atom is 0.130 e. The minimum atomic E-state index is -0.176. The second kappa shape index (κ2) is 6.54. The normalized spacial score (nSPS) is 21.4. The molecule has 122 valence electrons. The molecular weight excluding hydrogens is 290 g/mol. The summed E-state index contributed by atoms with van der Waals surface area (Å²) in [5.74, 6) is 2.79. The number of aliphatic hydroxyl groups is 1. The number of ether oxygens (including phenoxy) is 1. The smallest absolute Gasteiger partial charge is 0.130 e. The summed E-state index contributed by atoms with van der Waals surface area (Å²) in [6.45, 7) is 4.01. The minimum absolute atomic E-state index is 0.134. The van der Waals surface area contributed by atoms with E-state index in [0.29, 0.717) is 5.92 Å². The van der Waals surface area contributed by atoms with E-state index in [1.165, 1.54) is 5.56 Å². The lowest BCUT2D eigenvalue weighted by molar-refractivity contribution is 0.0731. The molecule has 3 rings (SSSR count). The number of aliphatic hydroxyl groups excluding tert-OH is 1. The van der Waals surface area contributed by atoms with Crippen molar-refractivity contribution in [2.45, 2.75) is 44.8 Å². The molecule has 5 heteroatoms. The number of anilines is 1. The van der Waals surface area contributed by atoms with Crippen molar-refractivity contribution >= 4 is 5.82 Å². The van der Waals surface area contributed by atoms with E-state index < -0.39 is 0 Å². The lowest BCUT2D eigenvalue weighted by Gasteiger charge is -2.31. The lowest BCUT2D eigenvalue weighted by atomic mass is 9.80. The van der Waals surface area contributed by atoms with Crippen molar-refractivity contribution < 1.29 is 9.84 Å². The summed E-state index contributed by atoms with van der Waals surface area (Å²) >= 11 is 0. The molecule has 1 fully saturated rings. The van der Waals surface area contributed by atoms with Gasteiger partial charge in [0.05, 0.1) is 13.2 Å². The summed E-state index contributed by atoms with van der Waals surface area (Å²) in [7, 11) is 1.67. The largest absolute Gasteiger partial charge is 0.497 e. The predicted octanol–water partition coefficient (Wildman–Crippen LogP) is 3.21. The van der Waals surface area contributed by atoms with E-state index in [-0.39, 0.29) is 12.1 Å². The van der Waals surface area contributed by atoms with Crippen molar-refractivity contribution in [3.63, 3.8) is 0 Å². The Morgan fingerprint density at radius 2 is 1.91 bits per heavy atom. The van der Waals surface area contributed by atoms with E-state index in [1.54, 1.807) is 7.11 Å². The molecule has 1 aliphatic rings. The molecule has 2 aromatic rings. The Labute approximate surface area is 136 Å². The third kappa shape index (κ3) is 3.62. The van der Waals surface area contributed by atoms with E-state index in [4.69, 9.17) is 4.74 Å². The Hall–Kier alpha value is -2.14. The first kappa shape index (κ1) is 15.7. The van der Waals surface area contributed by atoms with Crippen LogP contribution >= 0.6 is 0 Å². The number of methoxy groups -OCH3 is 1. The standard InChI is InChI=1S/C18H23N3O2/c1-11(13-4-6-16(23-3)7-5-13)19-18-10-17(20-12(2)21-18)14-8-15(22)9-14/h4-7,10-11,14-15,22H,8-9H2,1-3H3,(H,19,20,21)/t11-,14?,15?/m1/s1. The highest BCUT2D eigenvalue weighted by Crippen LogP contribution is 2.36. The van der Waals surface area contributed by atoms with Crippen molar-refractivity contribution in [2.75, 3.05) is 12.4 Å². The van der Waals surface area contributed by atoms with Crippen LogP contribution in [0.15, 0.2) is 30.3 Å². The molecule has 0 aliphatic heterocycles. The molecule has 1 aromatic heterocycles. The topological polar surface area (TPSA) is 67.3 Å². The van der Waals surface area contributed by atoms with Crippen LogP contribution in [-0.2, 0) is 0 Å². The molecule has 1 aromatic carbocycles. The van der Waals surface area contributed by atoms with E-state index in [0.717, 1.165) is 35.9 Å². The minimum Gasteiger partial charge on any atom is -0.497 e. The first-order valence-corrected chi connectivity index (χ1v) is 7.99. The fourth-order valence-corrected chi connectivity index (χ4v) is 2.90. The molecule has 1 atom stereocenters. The van der Waals surface area contributed by atoms with E-state index in [1.807, 2.05) is 37.3 Å². The van der Waals surface area contributed by atoms with Crippen LogP contribution in [0, 0.1) is 6.92 Å². The Morgan fingerprint density at radius 1 is 1.22 bits per heavy atom. The zero-order chi connectivity index (χ0) is 16.4. The van der Waals surface area contributed by atoms with Crippen LogP contribution in [0.5, 0.6) is 5.75 Å². The van der Waals surface area contributed by atoms with Gasteiger partial charge in [0.25, 0.3) is 0 Å². The number of aryl methyl sites for hydroxylation is 1. The maximum absolute atomic E-state index is 9.49. The monoisotopic (exact) mass is 313 g/mol. The zero-order valence-corrected chi connectivity index (χ0v) is 13.8. The number of aromatic nitrogens is 2. The van der Waals surface area contributed by atoms with Crippen LogP contribution in [-0.4, -0.2) is 28.3 Å². The number of nitrogens with zero attached hydrogens (tertiary/aromatic N) is 2. The Bertz CT molecular complexity index is 666. The average molecular weight is 313 g/mol. The summed E-state index contributed by atoms with van der Waals surface area (Å²) in [6.07, 6.45) is 1.42. The molecular formula is C18H23N3O2. The molecule has 1 heterocycles. The number of nitrogens with one attached hydrogen (secondary N) is 1. The molecule has 2 N–H and O–H groups in total. The van der Waals surface area contributed by atoms with Gasteiger partial charge in [-0.1, -0.05) is 12.1 Å². The van der Waals surface area contributed by atoms with Crippen molar-refractivity contribution in [3.05, 3.63) is 47.4 Å². The first-order valence-electron chi connectivity index (χ1n) is 7.99. The van der Waals surface area contributed by atoms with Crippen molar-refractivity contribution in [2.24, 2.45) is 0 Å². The second-order valence-electron chi connectivity index (χ2n) is 6.19. The fraction of sp³-hybridized carbons (Fsp3) is 0.444. The molecule has 0 unspecified atom stereocenters.